The van der Waals surface area contributed by atoms with Gasteiger partial charge < -0.3 is 25.2 Å². The average Bonchev–Trinajstić information content (AvgIpc) is 2.68. The molecule has 2 heterocycles. The van der Waals surface area contributed by atoms with Gasteiger partial charge in [-0.2, -0.15) is 0 Å². The molecule has 2 aliphatic heterocycles. The third kappa shape index (κ3) is 2.49. The topological polar surface area (TPSA) is 119 Å². The second kappa shape index (κ2) is 6.27. The van der Waals surface area contributed by atoms with Crippen LogP contribution in [-0.2, 0) is 14.4 Å². The number of carbonyl (C=O) groups excluding carboxylic acids is 2. The smallest absolute Gasteiger partial charge is 0.353 e. The predicted molar refractivity (Wildman–Crippen MR) is 79.7 cm³/mol. The van der Waals surface area contributed by atoms with E-state index in [0.29, 0.717) is 12.0 Å². The van der Waals surface area contributed by atoms with Gasteiger partial charge in [-0.15, -0.1) is 0 Å². The first-order chi connectivity index (χ1) is 10.3. The summed E-state index contributed by atoms with van der Waals surface area (Å²) >= 11 is 0.370. The van der Waals surface area contributed by atoms with Crippen LogP contribution in [-0.4, -0.2) is 58.0 Å². The predicted octanol–water partition coefficient (Wildman–Crippen LogP) is -0.310. The van der Waals surface area contributed by atoms with Crippen molar-refractivity contribution in [2.24, 2.45) is 11.8 Å². The number of carboxylic acid groups (broad SMARTS) is 1. The van der Waals surface area contributed by atoms with E-state index < -0.39 is 17.9 Å². The maximum Gasteiger partial charge on any atom is 0.353 e. The summed E-state index contributed by atoms with van der Waals surface area (Å²) in [4.78, 5) is 36.8. The van der Waals surface area contributed by atoms with Crippen molar-refractivity contribution in [2.45, 2.75) is 25.9 Å². The fourth-order valence-corrected chi connectivity index (χ4v) is 3.79. The number of nitrogens with one attached hydrogen (secondary N) is 2. The number of rotatable bonds is 6. The van der Waals surface area contributed by atoms with Gasteiger partial charge in [-0.1, -0.05) is 6.92 Å². The molecule has 2 rings (SSSR count). The van der Waals surface area contributed by atoms with E-state index in [-0.39, 0.29) is 40.9 Å². The molecule has 1 fully saturated rings. The molecule has 0 bridgehead atoms. The molecule has 9 heteroatoms. The van der Waals surface area contributed by atoms with Crippen LogP contribution in [0.1, 0.15) is 13.8 Å². The van der Waals surface area contributed by atoms with Gasteiger partial charge in [0.05, 0.1) is 18.5 Å². The van der Waals surface area contributed by atoms with Crippen LogP contribution in [0.15, 0.2) is 10.6 Å². The molecule has 2 amide bonds. The van der Waals surface area contributed by atoms with Crippen LogP contribution >= 0.6 is 12.0 Å². The Labute approximate surface area is 132 Å². The average molecular weight is 329 g/mol. The fraction of sp³-hybridized carbons (Fsp3) is 0.615. The Kier molecular flexibility index (Phi) is 4.78. The van der Waals surface area contributed by atoms with E-state index in [1.54, 1.807) is 20.9 Å². The van der Waals surface area contributed by atoms with Crippen LogP contribution in [0, 0.1) is 11.8 Å². The Morgan fingerprint density at radius 3 is 2.59 bits per heavy atom. The minimum Gasteiger partial charge on any atom is -0.477 e. The number of nitrogens with zero attached hydrogens (tertiary/aromatic N) is 1. The number of likely N-dealkylation sites (N-methyl/N-ethyl adjacent to an activating group) is 1. The first-order valence-corrected chi connectivity index (χ1v) is 7.68. The maximum absolute atomic E-state index is 12.3. The Bertz CT molecular complexity index is 550. The van der Waals surface area contributed by atoms with Crippen molar-refractivity contribution in [3.63, 3.8) is 0 Å². The lowest BCUT2D eigenvalue weighted by Crippen LogP contribution is -2.66. The van der Waals surface area contributed by atoms with E-state index in [9.17, 15) is 24.0 Å². The largest absolute Gasteiger partial charge is 0.477 e. The molecule has 4 N–H and O–H groups in total. The molecular formula is C13H19N3O5S. The lowest BCUT2D eigenvalue weighted by molar-refractivity contribution is -0.158. The summed E-state index contributed by atoms with van der Waals surface area (Å²) in [6.45, 7) is 3.64. The summed E-state index contributed by atoms with van der Waals surface area (Å²) < 4.78 is 9.33. The fourth-order valence-electron chi connectivity index (χ4n) is 3.22. The van der Waals surface area contributed by atoms with Gasteiger partial charge in [-0.25, -0.2) is 4.79 Å². The number of carboxylic acids is 1. The molecule has 122 valence electrons. The molecule has 22 heavy (non-hydrogen) atoms. The molecule has 0 aromatic heterocycles. The highest BCUT2D eigenvalue weighted by molar-refractivity contribution is 7.97. The Hall–Kier alpha value is -1.58. The normalized spacial score (nSPS) is 28.3. The standard InChI is InChI=1S/C13H19N3O5S/c1-5-9-8(6(2)15-7(17)4-14-3)12(18)16(9)10(13(19)20)11(5)22-21/h5-6,8-9,14,21H,4H2,1-3H3,(H,15,17)(H,19,20)/t5-,6-,8-,9-/m1/s1. The van der Waals surface area contributed by atoms with Crippen molar-refractivity contribution in [2.75, 3.05) is 13.6 Å². The third-order valence-electron chi connectivity index (χ3n) is 4.15. The van der Waals surface area contributed by atoms with Gasteiger partial charge in [0.25, 0.3) is 0 Å². The first kappa shape index (κ1) is 16.8. The zero-order chi connectivity index (χ0) is 16.6. The molecule has 4 atom stereocenters. The van der Waals surface area contributed by atoms with Gasteiger partial charge in [0.2, 0.25) is 11.8 Å². The zero-order valence-corrected chi connectivity index (χ0v) is 13.3. The number of β-lactam (4-membered cyclic amide) rings is 1. The van der Waals surface area contributed by atoms with E-state index in [0.717, 1.165) is 0 Å². The molecule has 0 saturated carbocycles. The number of carbonyl (C=O) groups is 3. The SMILES string of the molecule is CNCC(=O)N[C@H](C)[C@H]1C(=O)N2C(C(=O)O)=C(SO)[C@H](C)[C@H]12. The van der Waals surface area contributed by atoms with Gasteiger partial charge in [0.1, 0.15) is 5.70 Å². The lowest BCUT2D eigenvalue weighted by Gasteiger charge is -2.47. The Morgan fingerprint density at radius 1 is 1.45 bits per heavy atom. The van der Waals surface area contributed by atoms with Gasteiger partial charge in [0.15, 0.2) is 0 Å². The van der Waals surface area contributed by atoms with Gasteiger partial charge in [0, 0.05) is 28.9 Å². The second-order valence-corrected chi connectivity index (χ2v) is 6.13. The van der Waals surface area contributed by atoms with Crippen molar-refractivity contribution in [3.05, 3.63) is 10.6 Å². The van der Waals surface area contributed by atoms with Gasteiger partial charge in [-0.05, 0) is 14.0 Å². The van der Waals surface area contributed by atoms with Crippen LogP contribution in [0.2, 0.25) is 0 Å². The maximum atomic E-state index is 12.3. The summed E-state index contributed by atoms with van der Waals surface area (Å²) in [5.41, 5.74) is -0.153. The summed E-state index contributed by atoms with van der Waals surface area (Å²) in [7, 11) is 1.65. The monoisotopic (exact) mass is 329 g/mol. The van der Waals surface area contributed by atoms with Crippen LogP contribution in [0.4, 0.5) is 0 Å². The number of aliphatic carboxylic acids is 1. The minimum absolute atomic E-state index is 0.144. The lowest BCUT2D eigenvalue weighted by atomic mass is 9.78. The molecule has 0 aromatic carbocycles. The first-order valence-electron chi connectivity index (χ1n) is 6.91. The van der Waals surface area contributed by atoms with Crippen molar-refractivity contribution in [3.8, 4) is 0 Å². The quantitative estimate of drug-likeness (QED) is 0.390. The molecule has 0 aromatic rings. The third-order valence-corrected chi connectivity index (χ3v) is 4.92. The van der Waals surface area contributed by atoms with Gasteiger partial charge in [-0.3, -0.25) is 9.59 Å². The highest BCUT2D eigenvalue weighted by Gasteiger charge is 2.60. The number of fused-ring (bicyclic) bond motifs is 1. The number of hydrogen-bond donors (Lipinski definition) is 4. The minimum atomic E-state index is -1.23. The van der Waals surface area contributed by atoms with Gasteiger partial charge >= 0.3 is 5.97 Å². The molecule has 0 aliphatic carbocycles. The molecule has 1 saturated heterocycles. The molecule has 0 spiro atoms. The van der Waals surface area contributed by atoms with E-state index >= 15 is 0 Å². The summed E-state index contributed by atoms with van der Waals surface area (Å²) in [5, 5.41) is 14.7. The van der Waals surface area contributed by atoms with E-state index in [4.69, 9.17) is 0 Å². The van der Waals surface area contributed by atoms with Crippen LogP contribution < -0.4 is 10.6 Å². The Balaban J connectivity index is 2.17. The number of hydrogen-bond acceptors (Lipinski definition) is 6. The molecule has 8 nitrogen and oxygen atoms in total. The summed E-state index contributed by atoms with van der Waals surface area (Å²) in [6, 6.07) is -0.756. The molecular weight excluding hydrogens is 310 g/mol. The van der Waals surface area contributed by atoms with E-state index in [1.165, 1.54) is 4.90 Å². The highest BCUT2D eigenvalue weighted by Crippen LogP contribution is 2.49. The zero-order valence-electron chi connectivity index (χ0n) is 12.5. The van der Waals surface area contributed by atoms with Crippen LogP contribution in [0.5, 0.6) is 0 Å². The molecule has 2 aliphatic rings. The molecule has 0 radical (unpaired) electrons. The van der Waals surface area contributed by atoms with E-state index in [2.05, 4.69) is 10.6 Å². The van der Waals surface area contributed by atoms with Crippen LogP contribution in [0.3, 0.4) is 0 Å². The van der Waals surface area contributed by atoms with E-state index in [1.807, 2.05) is 0 Å². The molecule has 0 unspecified atom stereocenters. The van der Waals surface area contributed by atoms with Crippen molar-refractivity contribution in [1.29, 1.82) is 0 Å². The number of amides is 2. The summed E-state index contributed by atoms with van der Waals surface area (Å²) in [6.07, 6.45) is 0. The van der Waals surface area contributed by atoms with Crippen molar-refractivity contribution >= 4 is 29.8 Å². The summed E-state index contributed by atoms with van der Waals surface area (Å²) in [5.74, 6) is -2.57. The van der Waals surface area contributed by atoms with Crippen LogP contribution in [0.25, 0.3) is 0 Å². The Morgan fingerprint density at radius 2 is 2.09 bits per heavy atom. The second-order valence-electron chi connectivity index (χ2n) is 5.51. The van der Waals surface area contributed by atoms with Crippen molar-refractivity contribution in [1.82, 2.24) is 15.5 Å². The highest BCUT2D eigenvalue weighted by atomic mass is 32.2. The van der Waals surface area contributed by atoms with Crippen molar-refractivity contribution < 1.29 is 24.0 Å².